The molecular formula is C14H22Br2. The molecule has 0 aromatic rings. The van der Waals surface area contributed by atoms with Crippen molar-refractivity contribution in [3.8, 4) is 0 Å². The maximum Gasteiger partial charge on any atom is 0.0274 e. The van der Waals surface area contributed by atoms with Crippen LogP contribution in [-0.4, -0.2) is 9.15 Å². The van der Waals surface area contributed by atoms with Gasteiger partial charge >= 0.3 is 0 Å². The summed E-state index contributed by atoms with van der Waals surface area (Å²) < 4.78 is 0.452. The van der Waals surface area contributed by atoms with Crippen LogP contribution in [0.3, 0.4) is 0 Å². The highest BCUT2D eigenvalue weighted by atomic mass is 79.9. The molecule has 0 unspecified atom stereocenters. The zero-order chi connectivity index (χ0) is 11.8. The van der Waals surface area contributed by atoms with Gasteiger partial charge in [0.25, 0.3) is 0 Å². The van der Waals surface area contributed by atoms with Crippen molar-refractivity contribution in [3.05, 3.63) is 0 Å². The van der Waals surface area contributed by atoms with E-state index in [0.29, 0.717) is 25.4 Å². The third-order valence-electron chi connectivity index (χ3n) is 5.41. The summed E-state index contributed by atoms with van der Waals surface area (Å²) in [6.45, 7) is 7.43. The molecular weight excluding hydrogens is 328 g/mol. The summed E-state index contributed by atoms with van der Waals surface area (Å²) in [4.78, 5) is 0.663. The van der Waals surface area contributed by atoms with Crippen LogP contribution >= 0.6 is 31.9 Å². The second-order valence-electron chi connectivity index (χ2n) is 7.81. The average Bonchev–Trinajstić information content (AvgIpc) is 1.92. The number of rotatable bonds is 1. The summed E-state index contributed by atoms with van der Waals surface area (Å²) in [7, 11) is 0. The van der Waals surface area contributed by atoms with Crippen molar-refractivity contribution in [2.24, 2.45) is 16.2 Å². The number of hydrogen-bond acceptors (Lipinski definition) is 0. The number of hydrogen-bond donors (Lipinski definition) is 0. The van der Waals surface area contributed by atoms with Gasteiger partial charge < -0.3 is 0 Å². The molecule has 0 spiro atoms. The summed E-state index contributed by atoms with van der Waals surface area (Å²) in [5.74, 6) is 0. The predicted molar refractivity (Wildman–Crippen MR) is 76.4 cm³/mol. The van der Waals surface area contributed by atoms with E-state index < -0.39 is 0 Å². The van der Waals surface area contributed by atoms with Crippen molar-refractivity contribution in [2.75, 3.05) is 0 Å². The molecule has 4 fully saturated rings. The maximum atomic E-state index is 4.11. The standard InChI is InChI=1S/C14H22Br2/c1-10(15)13-5-11(2)4-12(3,6-13)8-14(16,7-11)9-13/h10H,4-9H2,1-3H3/t10-,11-,12-,13?,14?/m0/s1. The lowest BCUT2D eigenvalue weighted by molar-refractivity contribution is -0.127. The summed E-state index contributed by atoms with van der Waals surface area (Å²) in [6, 6.07) is 0. The largest absolute Gasteiger partial charge is 0.0888 e. The Kier molecular flexibility index (Phi) is 2.33. The predicted octanol–water partition coefficient (Wildman–Crippen LogP) is 5.28. The Balaban J connectivity index is 2.07. The first-order valence-corrected chi connectivity index (χ1v) is 8.22. The lowest BCUT2D eigenvalue weighted by Gasteiger charge is -2.69. The van der Waals surface area contributed by atoms with Gasteiger partial charge in [0.05, 0.1) is 0 Å². The van der Waals surface area contributed by atoms with Crippen molar-refractivity contribution >= 4 is 31.9 Å². The Morgan fingerprint density at radius 1 is 0.875 bits per heavy atom. The molecule has 4 rings (SSSR count). The zero-order valence-corrected chi connectivity index (χ0v) is 13.7. The van der Waals surface area contributed by atoms with Crippen molar-refractivity contribution in [2.45, 2.75) is 68.4 Å². The van der Waals surface area contributed by atoms with Gasteiger partial charge in [-0.05, 0) is 54.8 Å². The van der Waals surface area contributed by atoms with E-state index in [0.717, 1.165) is 0 Å². The van der Waals surface area contributed by atoms with E-state index in [1.165, 1.54) is 38.5 Å². The molecule has 0 N–H and O–H groups in total. The minimum Gasteiger partial charge on any atom is -0.0888 e. The van der Waals surface area contributed by atoms with E-state index in [1.807, 2.05) is 0 Å². The fourth-order valence-electron chi connectivity index (χ4n) is 6.06. The molecule has 0 amide bonds. The molecule has 0 aromatic carbocycles. The number of halogens is 2. The Labute approximate surface area is 116 Å². The fourth-order valence-corrected chi connectivity index (χ4v) is 8.46. The number of alkyl halides is 2. The maximum absolute atomic E-state index is 4.11. The summed E-state index contributed by atoms with van der Waals surface area (Å²) in [6.07, 6.45) is 8.52. The highest BCUT2D eigenvalue weighted by Gasteiger charge is 2.65. The van der Waals surface area contributed by atoms with Gasteiger partial charge in [-0.3, -0.25) is 0 Å². The van der Waals surface area contributed by atoms with Gasteiger partial charge in [-0.2, -0.15) is 0 Å². The van der Waals surface area contributed by atoms with Gasteiger partial charge in [-0.15, -0.1) is 0 Å². The van der Waals surface area contributed by atoms with Crippen LogP contribution < -0.4 is 0 Å². The van der Waals surface area contributed by atoms with Gasteiger partial charge in [0.15, 0.2) is 0 Å². The van der Waals surface area contributed by atoms with Gasteiger partial charge in [-0.1, -0.05) is 52.6 Å². The van der Waals surface area contributed by atoms with Crippen molar-refractivity contribution in [3.63, 3.8) is 0 Å². The molecule has 0 saturated heterocycles. The van der Waals surface area contributed by atoms with Crippen LogP contribution in [0.15, 0.2) is 0 Å². The van der Waals surface area contributed by atoms with Crippen LogP contribution in [0, 0.1) is 16.2 Å². The topological polar surface area (TPSA) is 0 Å². The van der Waals surface area contributed by atoms with E-state index in [4.69, 9.17) is 0 Å². The Morgan fingerprint density at radius 3 is 1.75 bits per heavy atom. The monoisotopic (exact) mass is 348 g/mol. The molecule has 3 atom stereocenters. The highest BCUT2D eigenvalue weighted by molar-refractivity contribution is 9.10. The summed E-state index contributed by atoms with van der Waals surface area (Å²) in [5, 5.41) is 0. The minimum absolute atomic E-state index is 0.452. The van der Waals surface area contributed by atoms with Crippen LogP contribution in [0.2, 0.25) is 0 Å². The van der Waals surface area contributed by atoms with E-state index >= 15 is 0 Å². The molecule has 0 aromatic heterocycles. The molecule has 0 aliphatic heterocycles. The Hall–Kier alpha value is 0.960. The second-order valence-corrected chi connectivity index (χ2v) is 10.9. The van der Waals surface area contributed by atoms with Crippen LogP contribution in [0.4, 0.5) is 0 Å². The van der Waals surface area contributed by atoms with Gasteiger partial charge in [0, 0.05) is 9.15 Å². The highest BCUT2D eigenvalue weighted by Crippen LogP contribution is 2.74. The molecule has 4 bridgehead atoms. The zero-order valence-electron chi connectivity index (χ0n) is 10.6. The van der Waals surface area contributed by atoms with Crippen molar-refractivity contribution in [1.29, 1.82) is 0 Å². The van der Waals surface area contributed by atoms with Gasteiger partial charge in [-0.25, -0.2) is 0 Å². The van der Waals surface area contributed by atoms with E-state index in [9.17, 15) is 0 Å². The minimum atomic E-state index is 0.452. The molecule has 92 valence electrons. The third-order valence-corrected chi connectivity index (χ3v) is 7.22. The van der Waals surface area contributed by atoms with E-state index in [1.54, 1.807) is 0 Å². The van der Waals surface area contributed by atoms with Gasteiger partial charge in [0.1, 0.15) is 0 Å². The smallest absolute Gasteiger partial charge is 0.0274 e. The average molecular weight is 350 g/mol. The first-order chi connectivity index (χ1) is 7.19. The van der Waals surface area contributed by atoms with E-state index in [2.05, 4.69) is 52.6 Å². The molecule has 0 radical (unpaired) electrons. The molecule has 4 aliphatic rings. The van der Waals surface area contributed by atoms with Crippen LogP contribution in [0.5, 0.6) is 0 Å². The first-order valence-electron chi connectivity index (χ1n) is 6.52. The first kappa shape index (κ1) is 12.0. The van der Waals surface area contributed by atoms with Crippen LogP contribution in [0.25, 0.3) is 0 Å². The van der Waals surface area contributed by atoms with Crippen molar-refractivity contribution in [1.82, 2.24) is 0 Å². The van der Waals surface area contributed by atoms with Crippen LogP contribution in [0.1, 0.15) is 59.3 Å². The lowest BCUT2D eigenvalue weighted by Crippen LogP contribution is -2.62. The molecule has 4 saturated carbocycles. The molecule has 0 nitrogen and oxygen atoms in total. The molecule has 2 heteroatoms. The quantitative estimate of drug-likeness (QED) is 0.564. The summed E-state index contributed by atoms with van der Waals surface area (Å²) >= 11 is 8.02. The summed E-state index contributed by atoms with van der Waals surface area (Å²) in [5.41, 5.74) is 1.74. The van der Waals surface area contributed by atoms with Gasteiger partial charge in [0.2, 0.25) is 0 Å². The van der Waals surface area contributed by atoms with E-state index in [-0.39, 0.29) is 0 Å². The fraction of sp³-hybridized carbons (Fsp3) is 1.00. The molecule has 16 heavy (non-hydrogen) atoms. The van der Waals surface area contributed by atoms with Crippen molar-refractivity contribution < 1.29 is 0 Å². The Morgan fingerprint density at radius 2 is 1.38 bits per heavy atom. The Bertz CT molecular complexity index is 280. The lowest BCUT2D eigenvalue weighted by atomic mass is 9.40. The second kappa shape index (κ2) is 3.10. The van der Waals surface area contributed by atoms with Crippen LogP contribution in [-0.2, 0) is 0 Å². The SMILES string of the molecule is C[C@H](Br)C12CC3(Br)C[C@](C)(C1)C[C@](C)(C3)C2. The molecule has 4 aliphatic carbocycles. The normalized spacial score (nSPS) is 61.3. The third kappa shape index (κ3) is 1.58. The molecule has 0 heterocycles.